The molecule has 2 saturated heterocycles. The van der Waals surface area contributed by atoms with Gasteiger partial charge in [-0.25, -0.2) is 0 Å². The number of hydrogen-bond donors (Lipinski definition) is 0. The first-order chi connectivity index (χ1) is 11.6. The van der Waals surface area contributed by atoms with Gasteiger partial charge in [-0.2, -0.15) is 11.3 Å². The number of rotatable bonds is 5. The van der Waals surface area contributed by atoms with Crippen LogP contribution in [0.15, 0.2) is 16.8 Å². The van der Waals surface area contributed by atoms with Crippen molar-refractivity contribution >= 4 is 17.2 Å². The van der Waals surface area contributed by atoms with E-state index >= 15 is 0 Å². The molecule has 0 saturated carbocycles. The van der Waals surface area contributed by atoms with Crippen LogP contribution in [0.1, 0.15) is 38.7 Å². The first kappa shape index (κ1) is 17.9. The summed E-state index contributed by atoms with van der Waals surface area (Å²) in [6, 6.07) is 3.24. The number of amides is 1. The van der Waals surface area contributed by atoms with Gasteiger partial charge in [0.25, 0.3) is 0 Å². The standard InChI is InChI=1S/C19H31N3OS/c1-16-5-3-4-7-22(16)19(23)14-20-8-10-21(11-9-20)17(2)13-18-6-12-24-15-18/h6,12,15-17H,3-5,7-11,13-14H2,1-2H3. The van der Waals surface area contributed by atoms with Crippen LogP contribution < -0.4 is 0 Å². The maximum Gasteiger partial charge on any atom is 0.236 e. The molecular weight excluding hydrogens is 318 g/mol. The molecule has 0 aliphatic carbocycles. The first-order valence-electron chi connectivity index (χ1n) is 9.40. The normalized spacial score (nSPS) is 24.9. The summed E-state index contributed by atoms with van der Waals surface area (Å²) in [6.07, 6.45) is 4.74. The average Bonchev–Trinajstić information content (AvgIpc) is 3.08. The van der Waals surface area contributed by atoms with Crippen molar-refractivity contribution in [3.8, 4) is 0 Å². The lowest BCUT2D eigenvalue weighted by Crippen LogP contribution is -2.53. The molecule has 0 N–H and O–H groups in total. The monoisotopic (exact) mass is 349 g/mol. The Bertz CT molecular complexity index is 511. The van der Waals surface area contributed by atoms with Gasteiger partial charge in [-0.3, -0.25) is 14.6 Å². The van der Waals surface area contributed by atoms with Gasteiger partial charge >= 0.3 is 0 Å². The fraction of sp³-hybridized carbons (Fsp3) is 0.737. The van der Waals surface area contributed by atoms with Crippen molar-refractivity contribution in [1.29, 1.82) is 0 Å². The van der Waals surface area contributed by atoms with Gasteiger partial charge in [0, 0.05) is 44.8 Å². The molecular formula is C19H31N3OS. The van der Waals surface area contributed by atoms with E-state index in [-0.39, 0.29) is 0 Å². The zero-order valence-corrected chi connectivity index (χ0v) is 15.9. The number of hydrogen-bond acceptors (Lipinski definition) is 4. The van der Waals surface area contributed by atoms with Crippen LogP contribution in [0.4, 0.5) is 0 Å². The number of nitrogens with zero attached hydrogens (tertiary/aromatic N) is 3. The highest BCUT2D eigenvalue weighted by molar-refractivity contribution is 7.07. The summed E-state index contributed by atoms with van der Waals surface area (Å²) < 4.78 is 0. The van der Waals surface area contributed by atoms with Crippen molar-refractivity contribution in [3.63, 3.8) is 0 Å². The summed E-state index contributed by atoms with van der Waals surface area (Å²) in [7, 11) is 0. The second-order valence-electron chi connectivity index (χ2n) is 7.43. The van der Waals surface area contributed by atoms with Gasteiger partial charge in [0.2, 0.25) is 5.91 Å². The zero-order valence-electron chi connectivity index (χ0n) is 15.1. The van der Waals surface area contributed by atoms with Crippen LogP contribution >= 0.6 is 11.3 Å². The molecule has 5 heteroatoms. The van der Waals surface area contributed by atoms with E-state index in [1.807, 2.05) is 0 Å². The third kappa shape index (κ3) is 4.58. The Morgan fingerprint density at radius 3 is 2.71 bits per heavy atom. The molecule has 24 heavy (non-hydrogen) atoms. The zero-order chi connectivity index (χ0) is 16.9. The molecule has 1 amide bonds. The minimum Gasteiger partial charge on any atom is -0.339 e. The van der Waals surface area contributed by atoms with Crippen LogP contribution in [0.2, 0.25) is 0 Å². The predicted molar refractivity (Wildman–Crippen MR) is 101 cm³/mol. The van der Waals surface area contributed by atoms with Crippen molar-refractivity contribution < 1.29 is 4.79 Å². The Hall–Kier alpha value is -0.910. The quantitative estimate of drug-likeness (QED) is 0.818. The van der Waals surface area contributed by atoms with E-state index in [0.717, 1.165) is 39.1 Å². The van der Waals surface area contributed by atoms with E-state index < -0.39 is 0 Å². The number of carbonyl (C=O) groups is 1. The molecule has 2 fully saturated rings. The highest BCUT2D eigenvalue weighted by Gasteiger charge is 2.27. The number of piperidine rings is 1. The van der Waals surface area contributed by atoms with Crippen molar-refractivity contribution in [1.82, 2.24) is 14.7 Å². The first-order valence-corrected chi connectivity index (χ1v) is 10.3. The highest BCUT2D eigenvalue weighted by Crippen LogP contribution is 2.18. The SMILES string of the molecule is CC(Cc1ccsc1)N1CCN(CC(=O)N2CCCCC2C)CC1. The molecule has 0 radical (unpaired) electrons. The summed E-state index contributed by atoms with van der Waals surface area (Å²) in [6.45, 7) is 10.3. The van der Waals surface area contributed by atoms with Crippen molar-refractivity contribution in [2.45, 2.75) is 51.6 Å². The van der Waals surface area contributed by atoms with E-state index in [1.165, 1.54) is 24.8 Å². The average molecular weight is 350 g/mol. The molecule has 1 aromatic rings. The van der Waals surface area contributed by atoms with Crippen molar-refractivity contribution in [2.75, 3.05) is 39.3 Å². The maximum atomic E-state index is 12.6. The summed E-state index contributed by atoms with van der Waals surface area (Å²) in [5, 5.41) is 4.42. The minimum absolute atomic E-state index is 0.335. The lowest BCUT2D eigenvalue weighted by atomic mass is 10.0. The molecule has 0 bridgehead atoms. The van der Waals surface area contributed by atoms with Gasteiger partial charge in [0.1, 0.15) is 0 Å². The molecule has 0 spiro atoms. The molecule has 134 valence electrons. The van der Waals surface area contributed by atoms with E-state index in [1.54, 1.807) is 11.3 Å². The molecule has 2 atom stereocenters. The summed E-state index contributed by atoms with van der Waals surface area (Å²) in [5.41, 5.74) is 1.45. The molecule has 0 aromatic carbocycles. The van der Waals surface area contributed by atoms with Gasteiger partial charge in [-0.1, -0.05) is 0 Å². The van der Waals surface area contributed by atoms with Crippen LogP contribution in [-0.4, -0.2) is 72.0 Å². The van der Waals surface area contributed by atoms with Gasteiger partial charge in [-0.05, 0) is 61.9 Å². The molecule has 2 aliphatic heterocycles. The Labute approximate surface area is 150 Å². The Morgan fingerprint density at radius 1 is 1.25 bits per heavy atom. The van der Waals surface area contributed by atoms with Crippen LogP contribution in [0.3, 0.4) is 0 Å². The maximum absolute atomic E-state index is 12.6. The van der Waals surface area contributed by atoms with Gasteiger partial charge in [-0.15, -0.1) is 0 Å². The fourth-order valence-electron chi connectivity index (χ4n) is 3.99. The molecule has 4 nitrogen and oxygen atoms in total. The summed E-state index contributed by atoms with van der Waals surface area (Å²) in [5.74, 6) is 0.335. The van der Waals surface area contributed by atoms with Gasteiger partial charge < -0.3 is 4.90 Å². The Kier molecular flexibility index (Phi) is 6.31. The molecule has 1 aromatic heterocycles. The Morgan fingerprint density at radius 2 is 2.04 bits per heavy atom. The molecule has 3 heterocycles. The molecule has 3 rings (SSSR count). The van der Waals surface area contributed by atoms with E-state index in [2.05, 4.69) is 45.4 Å². The van der Waals surface area contributed by atoms with Crippen molar-refractivity contribution in [2.24, 2.45) is 0 Å². The summed E-state index contributed by atoms with van der Waals surface area (Å²) >= 11 is 1.78. The third-order valence-corrected chi connectivity index (χ3v) is 6.36. The van der Waals surface area contributed by atoms with E-state index in [4.69, 9.17) is 0 Å². The number of thiophene rings is 1. The van der Waals surface area contributed by atoms with E-state index in [0.29, 0.717) is 24.5 Å². The van der Waals surface area contributed by atoms with Gasteiger partial charge in [0.05, 0.1) is 6.54 Å². The third-order valence-electron chi connectivity index (χ3n) is 5.62. The minimum atomic E-state index is 0.335. The highest BCUT2D eigenvalue weighted by atomic mass is 32.1. The molecule has 2 unspecified atom stereocenters. The van der Waals surface area contributed by atoms with Crippen molar-refractivity contribution in [3.05, 3.63) is 22.4 Å². The second-order valence-corrected chi connectivity index (χ2v) is 8.21. The molecule has 2 aliphatic rings. The fourth-order valence-corrected chi connectivity index (χ4v) is 4.67. The topological polar surface area (TPSA) is 26.8 Å². The van der Waals surface area contributed by atoms with Crippen LogP contribution in [0.25, 0.3) is 0 Å². The number of piperazine rings is 1. The smallest absolute Gasteiger partial charge is 0.236 e. The van der Waals surface area contributed by atoms with Crippen LogP contribution in [-0.2, 0) is 11.2 Å². The van der Waals surface area contributed by atoms with E-state index in [9.17, 15) is 4.79 Å². The lowest BCUT2D eigenvalue weighted by Gasteiger charge is -2.39. The van der Waals surface area contributed by atoms with Crippen LogP contribution in [0.5, 0.6) is 0 Å². The lowest BCUT2D eigenvalue weighted by molar-refractivity contribution is -0.136. The largest absolute Gasteiger partial charge is 0.339 e. The van der Waals surface area contributed by atoms with Crippen LogP contribution in [0, 0.1) is 0 Å². The predicted octanol–water partition coefficient (Wildman–Crippen LogP) is 2.70. The number of likely N-dealkylation sites (tertiary alicyclic amines) is 1. The van der Waals surface area contributed by atoms with Gasteiger partial charge in [0.15, 0.2) is 0 Å². The number of carbonyl (C=O) groups excluding carboxylic acids is 1. The summed E-state index contributed by atoms with van der Waals surface area (Å²) in [4.78, 5) is 19.6. The second kappa shape index (κ2) is 8.45. The Balaban J connectivity index is 1.42.